The standard InChI is InChI=1S/C46H78O4/c1-3-5-7-9-11-13-15-16-17-18-19-20-21-22-23-25-31-35-39-43-46(49)50-44(40-36-32-28-24-14-12-10-8-6-4-2)41-37-33-29-26-27-30-34-38-42-45(47)48/h5,7,11,13,16-17,19-20,22-23,31,35,44H,3-4,6,8-10,12,14-15,18,21,24-30,32-34,36-43H2,1-2H3,(H,47,48)/b7-5-,13-11-,17-16-,20-19-,23-22-,35-31-. The van der Waals surface area contributed by atoms with Crippen molar-refractivity contribution in [3.63, 3.8) is 0 Å². The second-order valence-electron chi connectivity index (χ2n) is 13.8. The Morgan fingerprint density at radius 2 is 0.820 bits per heavy atom. The highest BCUT2D eigenvalue weighted by Crippen LogP contribution is 2.19. The van der Waals surface area contributed by atoms with Crippen LogP contribution in [0.2, 0.25) is 0 Å². The molecular weight excluding hydrogens is 617 g/mol. The number of carboxylic acid groups (broad SMARTS) is 1. The number of esters is 1. The van der Waals surface area contributed by atoms with Crippen LogP contribution in [0.5, 0.6) is 0 Å². The third-order valence-corrected chi connectivity index (χ3v) is 8.96. The maximum absolute atomic E-state index is 12.7. The summed E-state index contributed by atoms with van der Waals surface area (Å²) in [6.45, 7) is 4.43. The van der Waals surface area contributed by atoms with Gasteiger partial charge in [0.15, 0.2) is 0 Å². The molecule has 0 aliphatic rings. The van der Waals surface area contributed by atoms with E-state index in [1.807, 2.05) is 0 Å². The van der Waals surface area contributed by atoms with E-state index in [9.17, 15) is 9.59 Å². The summed E-state index contributed by atoms with van der Waals surface area (Å²) < 4.78 is 6.01. The quantitative estimate of drug-likeness (QED) is 0.0399. The molecule has 4 heteroatoms. The lowest BCUT2D eigenvalue weighted by molar-refractivity contribution is -0.149. The van der Waals surface area contributed by atoms with Gasteiger partial charge in [-0.25, -0.2) is 0 Å². The summed E-state index contributed by atoms with van der Waals surface area (Å²) in [6.07, 6.45) is 57.9. The van der Waals surface area contributed by atoms with E-state index in [1.165, 1.54) is 83.5 Å². The van der Waals surface area contributed by atoms with Crippen molar-refractivity contribution in [2.45, 2.75) is 206 Å². The average Bonchev–Trinajstić information content (AvgIpc) is 3.10. The van der Waals surface area contributed by atoms with Gasteiger partial charge in [-0.15, -0.1) is 0 Å². The summed E-state index contributed by atoms with van der Waals surface area (Å²) in [5.41, 5.74) is 0. The van der Waals surface area contributed by atoms with Gasteiger partial charge < -0.3 is 9.84 Å². The molecule has 0 aliphatic carbocycles. The normalized spacial score (nSPS) is 13.0. The van der Waals surface area contributed by atoms with E-state index >= 15 is 0 Å². The van der Waals surface area contributed by atoms with Gasteiger partial charge >= 0.3 is 11.9 Å². The predicted molar refractivity (Wildman–Crippen MR) is 218 cm³/mol. The van der Waals surface area contributed by atoms with Crippen molar-refractivity contribution in [2.24, 2.45) is 0 Å². The number of unbranched alkanes of at least 4 members (excludes halogenated alkanes) is 16. The summed E-state index contributed by atoms with van der Waals surface area (Å²) >= 11 is 0. The number of ether oxygens (including phenoxy) is 1. The Morgan fingerprint density at radius 1 is 0.460 bits per heavy atom. The molecule has 1 atom stereocenters. The van der Waals surface area contributed by atoms with Crippen molar-refractivity contribution in [2.75, 3.05) is 0 Å². The number of hydrogen-bond acceptors (Lipinski definition) is 3. The molecular formula is C46H78O4. The fourth-order valence-corrected chi connectivity index (χ4v) is 5.92. The molecule has 0 bridgehead atoms. The SMILES string of the molecule is CC/C=C\C/C=C\C/C=C\C/C=C\C/C=C\C/C=C\CCC(=O)OC(CCCCCCCCCCCC)CCCCCCCCCCC(=O)O. The first kappa shape index (κ1) is 47.4. The third-order valence-electron chi connectivity index (χ3n) is 8.96. The van der Waals surface area contributed by atoms with Crippen LogP contribution >= 0.6 is 0 Å². The van der Waals surface area contributed by atoms with Crippen molar-refractivity contribution >= 4 is 11.9 Å². The van der Waals surface area contributed by atoms with E-state index in [1.54, 1.807) is 0 Å². The van der Waals surface area contributed by atoms with Crippen molar-refractivity contribution in [1.29, 1.82) is 0 Å². The van der Waals surface area contributed by atoms with Gasteiger partial charge in [-0.1, -0.05) is 183 Å². The summed E-state index contributed by atoms with van der Waals surface area (Å²) in [4.78, 5) is 23.3. The minimum atomic E-state index is -0.688. The highest BCUT2D eigenvalue weighted by Gasteiger charge is 2.14. The summed E-state index contributed by atoms with van der Waals surface area (Å²) in [5, 5.41) is 8.76. The molecule has 4 nitrogen and oxygen atoms in total. The molecule has 0 fully saturated rings. The number of rotatable bonds is 37. The first-order valence-corrected chi connectivity index (χ1v) is 20.9. The maximum atomic E-state index is 12.7. The molecule has 0 amide bonds. The molecule has 0 aromatic carbocycles. The summed E-state index contributed by atoms with van der Waals surface area (Å²) in [7, 11) is 0. The number of aliphatic carboxylic acids is 1. The van der Waals surface area contributed by atoms with Crippen LogP contribution in [0.1, 0.15) is 200 Å². The van der Waals surface area contributed by atoms with Crippen LogP contribution in [0.15, 0.2) is 72.9 Å². The second kappa shape index (κ2) is 40.8. The minimum Gasteiger partial charge on any atom is -0.481 e. The zero-order valence-electron chi connectivity index (χ0n) is 32.7. The van der Waals surface area contributed by atoms with Crippen LogP contribution < -0.4 is 0 Å². The van der Waals surface area contributed by atoms with Gasteiger partial charge in [0.2, 0.25) is 0 Å². The van der Waals surface area contributed by atoms with Crippen LogP contribution in [0, 0.1) is 0 Å². The lowest BCUT2D eigenvalue weighted by atomic mass is 10.0. The van der Waals surface area contributed by atoms with Crippen LogP contribution in [-0.4, -0.2) is 23.1 Å². The van der Waals surface area contributed by atoms with Crippen LogP contribution in [0.3, 0.4) is 0 Å². The predicted octanol–water partition coefficient (Wildman–Crippen LogP) is 14.7. The van der Waals surface area contributed by atoms with Gasteiger partial charge in [0.05, 0.1) is 0 Å². The Morgan fingerprint density at radius 3 is 1.22 bits per heavy atom. The molecule has 1 unspecified atom stereocenters. The van der Waals surface area contributed by atoms with Crippen LogP contribution in [0.25, 0.3) is 0 Å². The van der Waals surface area contributed by atoms with Gasteiger partial charge in [0.25, 0.3) is 0 Å². The molecule has 0 aromatic heterocycles. The first-order chi connectivity index (χ1) is 24.6. The number of carbonyl (C=O) groups is 2. The number of allylic oxidation sites excluding steroid dienone is 12. The fraction of sp³-hybridized carbons (Fsp3) is 0.696. The molecule has 286 valence electrons. The average molecular weight is 695 g/mol. The fourth-order valence-electron chi connectivity index (χ4n) is 5.92. The van der Waals surface area contributed by atoms with Crippen LogP contribution in [-0.2, 0) is 14.3 Å². The van der Waals surface area contributed by atoms with Crippen LogP contribution in [0.4, 0.5) is 0 Å². The molecule has 0 radical (unpaired) electrons. The van der Waals surface area contributed by atoms with Gasteiger partial charge in [-0.3, -0.25) is 9.59 Å². The summed E-state index contributed by atoms with van der Waals surface area (Å²) in [6, 6.07) is 0. The Hall–Kier alpha value is -2.62. The maximum Gasteiger partial charge on any atom is 0.306 e. The van der Waals surface area contributed by atoms with Gasteiger partial charge in [-0.2, -0.15) is 0 Å². The van der Waals surface area contributed by atoms with E-state index in [2.05, 4.69) is 86.8 Å². The highest BCUT2D eigenvalue weighted by atomic mass is 16.5. The van der Waals surface area contributed by atoms with E-state index in [0.29, 0.717) is 12.8 Å². The lowest BCUT2D eigenvalue weighted by Crippen LogP contribution is -2.18. The van der Waals surface area contributed by atoms with E-state index in [-0.39, 0.29) is 12.1 Å². The zero-order chi connectivity index (χ0) is 36.4. The Kier molecular flexibility index (Phi) is 38.7. The first-order valence-electron chi connectivity index (χ1n) is 20.9. The third kappa shape index (κ3) is 39.8. The van der Waals surface area contributed by atoms with Gasteiger partial charge in [0, 0.05) is 12.8 Å². The molecule has 0 heterocycles. The topological polar surface area (TPSA) is 63.6 Å². The smallest absolute Gasteiger partial charge is 0.306 e. The molecule has 0 saturated heterocycles. The minimum absolute atomic E-state index is 0.0528. The van der Waals surface area contributed by atoms with Crippen molar-refractivity contribution in [3.8, 4) is 0 Å². The molecule has 0 aliphatic heterocycles. The van der Waals surface area contributed by atoms with E-state index in [0.717, 1.165) is 89.9 Å². The summed E-state index contributed by atoms with van der Waals surface area (Å²) in [5.74, 6) is -0.741. The van der Waals surface area contributed by atoms with Crippen molar-refractivity contribution in [1.82, 2.24) is 0 Å². The van der Waals surface area contributed by atoms with Crippen molar-refractivity contribution in [3.05, 3.63) is 72.9 Å². The molecule has 1 N–H and O–H groups in total. The van der Waals surface area contributed by atoms with Crippen molar-refractivity contribution < 1.29 is 19.4 Å². The Labute approximate surface area is 309 Å². The Bertz CT molecular complexity index is 922. The monoisotopic (exact) mass is 695 g/mol. The largest absolute Gasteiger partial charge is 0.481 e. The number of hydrogen-bond donors (Lipinski definition) is 1. The highest BCUT2D eigenvalue weighted by molar-refractivity contribution is 5.69. The molecule has 0 aromatic rings. The Balaban J connectivity index is 4.22. The number of carboxylic acids is 1. The van der Waals surface area contributed by atoms with Gasteiger partial charge in [-0.05, 0) is 77.0 Å². The van der Waals surface area contributed by atoms with E-state index < -0.39 is 5.97 Å². The van der Waals surface area contributed by atoms with E-state index in [4.69, 9.17) is 9.84 Å². The molecule has 0 rings (SSSR count). The second-order valence-corrected chi connectivity index (χ2v) is 13.8. The lowest BCUT2D eigenvalue weighted by Gasteiger charge is -2.18. The van der Waals surface area contributed by atoms with Gasteiger partial charge in [0.1, 0.15) is 6.10 Å². The molecule has 0 spiro atoms. The molecule has 50 heavy (non-hydrogen) atoms. The number of carbonyl (C=O) groups excluding carboxylic acids is 1. The zero-order valence-corrected chi connectivity index (χ0v) is 32.7. The molecule has 0 saturated carbocycles.